The molecule has 0 aliphatic carbocycles. The summed E-state index contributed by atoms with van der Waals surface area (Å²) in [5.41, 5.74) is 0.835. The monoisotopic (exact) mass is 297 g/mol. The van der Waals surface area contributed by atoms with E-state index in [1.807, 2.05) is 37.0 Å². The van der Waals surface area contributed by atoms with Crippen molar-refractivity contribution in [3.63, 3.8) is 0 Å². The number of ether oxygens (including phenoxy) is 2. The van der Waals surface area contributed by atoms with Gasteiger partial charge in [0, 0.05) is 12.3 Å². The third-order valence-electron chi connectivity index (χ3n) is 3.38. The minimum Gasteiger partial charge on any atom is -0.493 e. The predicted octanol–water partition coefficient (Wildman–Crippen LogP) is 2.22. The van der Waals surface area contributed by atoms with E-state index < -0.39 is 6.10 Å². The molecule has 2 atom stereocenters. The smallest absolute Gasteiger partial charge is 0.161 e. The maximum Gasteiger partial charge on any atom is 0.161 e. The van der Waals surface area contributed by atoms with Crippen LogP contribution >= 0.6 is 11.8 Å². The number of likely N-dealkylation sites (N-methyl/N-ethyl adjacent to an activating group) is 1. The van der Waals surface area contributed by atoms with Crippen LogP contribution in [-0.2, 0) is 0 Å². The van der Waals surface area contributed by atoms with E-state index in [1.165, 1.54) is 12.2 Å². The van der Waals surface area contributed by atoms with Gasteiger partial charge in [0.05, 0.1) is 13.2 Å². The number of methoxy groups -OCH3 is 1. The van der Waals surface area contributed by atoms with E-state index in [1.54, 1.807) is 7.11 Å². The highest BCUT2D eigenvalue weighted by Crippen LogP contribution is 2.32. The quantitative estimate of drug-likeness (QED) is 0.843. The molecule has 1 aliphatic heterocycles. The van der Waals surface area contributed by atoms with Gasteiger partial charge in [-0.05, 0) is 43.3 Å². The van der Waals surface area contributed by atoms with Crippen LogP contribution in [0.3, 0.4) is 0 Å². The Bertz CT molecular complexity index is 422. The van der Waals surface area contributed by atoms with Gasteiger partial charge in [-0.1, -0.05) is 6.07 Å². The van der Waals surface area contributed by atoms with Gasteiger partial charge < -0.3 is 19.9 Å². The Labute approximate surface area is 124 Å². The van der Waals surface area contributed by atoms with Crippen molar-refractivity contribution in [2.45, 2.75) is 25.0 Å². The van der Waals surface area contributed by atoms with E-state index in [4.69, 9.17) is 9.47 Å². The van der Waals surface area contributed by atoms with Crippen LogP contribution in [0.1, 0.15) is 24.5 Å². The molecule has 2 unspecified atom stereocenters. The van der Waals surface area contributed by atoms with Crippen LogP contribution in [0.4, 0.5) is 0 Å². The topological polar surface area (TPSA) is 50.7 Å². The molecule has 0 saturated carbocycles. The Hall–Kier alpha value is -0.910. The van der Waals surface area contributed by atoms with Crippen LogP contribution in [0.5, 0.6) is 11.5 Å². The van der Waals surface area contributed by atoms with E-state index in [0.717, 1.165) is 23.5 Å². The van der Waals surface area contributed by atoms with E-state index in [9.17, 15) is 5.11 Å². The van der Waals surface area contributed by atoms with Crippen molar-refractivity contribution in [2.24, 2.45) is 0 Å². The second kappa shape index (κ2) is 7.76. The molecule has 0 bridgehead atoms. The molecule has 1 aromatic rings. The highest BCUT2D eigenvalue weighted by molar-refractivity contribution is 7.99. The normalized spacial score (nSPS) is 20.4. The first-order valence-corrected chi connectivity index (χ1v) is 8.15. The molecule has 0 amide bonds. The molecule has 1 fully saturated rings. The molecule has 1 aromatic carbocycles. The fourth-order valence-corrected chi connectivity index (χ4v) is 3.32. The number of nitrogens with one attached hydrogen (secondary N) is 1. The fraction of sp³-hybridized carbons (Fsp3) is 0.600. The van der Waals surface area contributed by atoms with Gasteiger partial charge in [0.25, 0.3) is 0 Å². The number of hydrogen-bond acceptors (Lipinski definition) is 5. The minimum atomic E-state index is -0.534. The average Bonchev–Trinajstić information content (AvgIpc) is 2.49. The zero-order chi connectivity index (χ0) is 14.4. The first-order valence-electron chi connectivity index (χ1n) is 6.99. The van der Waals surface area contributed by atoms with Crippen molar-refractivity contribution in [3.05, 3.63) is 23.8 Å². The zero-order valence-electron chi connectivity index (χ0n) is 12.1. The van der Waals surface area contributed by atoms with E-state index >= 15 is 0 Å². The molecule has 0 aromatic heterocycles. The summed E-state index contributed by atoms with van der Waals surface area (Å²) < 4.78 is 11.4. The molecule has 0 spiro atoms. The van der Waals surface area contributed by atoms with Crippen LogP contribution < -0.4 is 14.8 Å². The third-order valence-corrected chi connectivity index (χ3v) is 4.57. The van der Waals surface area contributed by atoms with Crippen molar-refractivity contribution >= 4 is 11.8 Å². The number of aliphatic hydroxyl groups is 1. The number of rotatable bonds is 6. The molecular formula is C15H23NO3S. The number of benzene rings is 1. The summed E-state index contributed by atoms with van der Waals surface area (Å²) in [6.07, 6.45) is 2.03. The molecule has 1 heterocycles. The van der Waals surface area contributed by atoms with Gasteiger partial charge >= 0.3 is 0 Å². The van der Waals surface area contributed by atoms with Crippen LogP contribution in [-0.4, -0.2) is 43.4 Å². The molecule has 20 heavy (non-hydrogen) atoms. The lowest BCUT2D eigenvalue weighted by atomic mass is 10.1. The fourth-order valence-electron chi connectivity index (χ4n) is 2.28. The van der Waals surface area contributed by atoms with Gasteiger partial charge in [-0.2, -0.15) is 11.8 Å². The van der Waals surface area contributed by atoms with Gasteiger partial charge in [0.15, 0.2) is 11.5 Å². The van der Waals surface area contributed by atoms with Gasteiger partial charge in [-0.3, -0.25) is 0 Å². The molecule has 1 aliphatic rings. The van der Waals surface area contributed by atoms with Crippen molar-refractivity contribution in [1.82, 2.24) is 5.32 Å². The maximum absolute atomic E-state index is 9.99. The molecule has 2 rings (SSSR count). The molecule has 0 radical (unpaired) electrons. The average molecular weight is 297 g/mol. The van der Waals surface area contributed by atoms with Crippen LogP contribution in [0.2, 0.25) is 0 Å². The first-order chi connectivity index (χ1) is 9.74. The first kappa shape index (κ1) is 15.5. The van der Waals surface area contributed by atoms with E-state index in [-0.39, 0.29) is 6.10 Å². The minimum absolute atomic E-state index is 0.260. The summed E-state index contributed by atoms with van der Waals surface area (Å²) >= 11 is 1.94. The maximum atomic E-state index is 9.99. The molecule has 112 valence electrons. The highest BCUT2D eigenvalue weighted by atomic mass is 32.2. The summed E-state index contributed by atoms with van der Waals surface area (Å²) in [7, 11) is 3.45. The molecule has 5 heteroatoms. The predicted molar refractivity (Wildman–Crippen MR) is 82.9 cm³/mol. The van der Waals surface area contributed by atoms with Crippen LogP contribution in [0.15, 0.2) is 18.2 Å². The Morgan fingerprint density at radius 2 is 2.30 bits per heavy atom. The van der Waals surface area contributed by atoms with Crippen molar-refractivity contribution in [2.75, 3.05) is 32.2 Å². The standard InChI is InChI=1S/C15H23NO3S/c1-16-9-13(17)11-5-6-14(15(8-11)18-2)19-12-4-3-7-20-10-12/h5-6,8,12-13,16-17H,3-4,7,9-10H2,1-2H3. The third kappa shape index (κ3) is 4.04. The molecule has 2 N–H and O–H groups in total. The largest absolute Gasteiger partial charge is 0.493 e. The van der Waals surface area contributed by atoms with Gasteiger partial charge in [-0.15, -0.1) is 0 Å². The van der Waals surface area contributed by atoms with Crippen LogP contribution in [0.25, 0.3) is 0 Å². The Kier molecular flexibility index (Phi) is 6.01. The van der Waals surface area contributed by atoms with Crippen molar-refractivity contribution in [1.29, 1.82) is 0 Å². The van der Waals surface area contributed by atoms with Crippen LogP contribution in [0, 0.1) is 0 Å². The van der Waals surface area contributed by atoms with E-state index in [2.05, 4.69) is 5.32 Å². The molecule has 1 saturated heterocycles. The Morgan fingerprint density at radius 1 is 1.45 bits per heavy atom. The summed E-state index contributed by atoms with van der Waals surface area (Å²) in [5, 5.41) is 12.9. The molecule has 4 nitrogen and oxygen atoms in total. The molecular weight excluding hydrogens is 274 g/mol. The summed E-state index contributed by atoms with van der Waals surface area (Å²) in [5.74, 6) is 3.72. The van der Waals surface area contributed by atoms with E-state index in [0.29, 0.717) is 12.3 Å². The Morgan fingerprint density at radius 3 is 2.95 bits per heavy atom. The number of hydrogen-bond donors (Lipinski definition) is 2. The zero-order valence-corrected chi connectivity index (χ0v) is 12.9. The van der Waals surface area contributed by atoms with Gasteiger partial charge in [0.2, 0.25) is 0 Å². The summed E-state index contributed by atoms with van der Waals surface area (Å²) in [6, 6.07) is 5.65. The lowest BCUT2D eigenvalue weighted by Crippen LogP contribution is -2.23. The highest BCUT2D eigenvalue weighted by Gasteiger charge is 2.18. The van der Waals surface area contributed by atoms with Gasteiger partial charge in [-0.25, -0.2) is 0 Å². The Balaban J connectivity index is 2.08. The lowest BCUT2D eigenvalue weighted by molar-refractivity contribution is 0.176. The summed E-state index contributed by atoms with van der Waals surface area (Å²) in [6.45, 7) is 0.516. The number of aliphatic hydroxyl groups excluding tert-OH is 1. The van der Waals surface area contributed by atoms with Gasteiger partial charge in [0.1, 0.15) is 6.10 Å². The summed E-state index contributed by atoms with van der Waals surface area (Å²) in [4.78, 5) is 0. The van der Waals surface area contributed by atoms with Crippen molar-refractivity contribution in [3.8, 4) is 11.5 Å². The lowest BCUT2D eigenvalue weighted by Gasteiger charge is -2.24. The number of thioether (sulfide) groups is 1. The second-order valence-corrected chi connectivity index (χ2v) is 6.09. The SMILES string of the molecule is CNCC(O)c1ccc(OC2CCCSC2)c(OC)c1. The second-order valence-electron chi connectivity index (χ2n) is 4.94. The van der Waals surface area contributed by atoms with Crippen molar-refractivity contribution < 1.29 is 14.6 Å².